The number of hydrogen-bond acceptors (Lipinski definition) is 3. The van der Waals surface area contributed by atoms with E-state index in [-0.39, 0.29) is 5.56 Å². The molecule has 0 spiro atoms. The zero-order valence-electron chi connectivity index (χ0n) is 10.2. The monoisotopic (exact) mass is 268 g/mol. The summed E-state index contributed by atoms with van der Waals surface area (Å²) in [4.78, 5) is 13.2. The van der Waals surface area contributed by atoms with Crippen LogP contribution >= 0.6 is 11.6 Å². The molecule has 1 fully saturated rings. The summed E-state index contributed by atoms with van der Waals surface area (Å²) < 4.78 is 0. The van der Waals surface area contributed by atoms with Gasteiger partial charge in [0.25, 0.3) is 0 Å². The van der Waals surface area contributed by atoms with Crippen molar-refractivity contribution in [1.82, 2.24) is 4.90 Å². The highest BCUT2D eigenvalue weighted by molar-refractivity contribution is 6.33. The van der Waals surface area contributed by atoms with Crippen LogP contribution in [0.15, 0.2) is 18.2 Å². The molecule has 0 atom stereocenters. The Morgan fingerprint density at radius 1 is 1.39 bits per heavy atom. The molecule has 18 heavy (non-hydrogen) atoms. The number of benzene rings is 1. The number of halogens is 1. The minimum absolute atomic E-state index is 0.213. The summed E-state index contributed by atoms with van der Waals surface area (Å²) in [5.74, 6) is -0.958. The molecule has 1 aliphatic rings. The molecule has 2 N–H and O–H groups in total. The lowest BCUT2D eigenvalue weighted by Gasteiger charge is -2.16. The number of hydrogen-bond donors (Lipinski definition) is 2. The molecule has 1 saturated heterocycles. The number of carboxylic acid groups (broad SMARTS) is 1. The highest BCUT2D eigenvalue weighted by Gasteiger charge is 2.11. The third-order valence-corrected chi connectivity index (χ3v) is 3.47. The number of rotatable bonds is 5. The summed E-state index contributed by atoms with van der Waals surface area (Å²) in [6.45, 7) is 4.17. The maximum atomic E-state index is 10.8. The van der Waals surface area contributed by atoms with Gasteiger partial charge in [-0.25, -0.2) is 4.79 Å². The molecule has 1 aromatic carbocycles. The Hall–Kier alpha value is -1.26. The van der Waals surface area contributed by atoms with Gasteiger partial charge in [0.05, 0.1) is 16.3 Å². The first-order valence-corrected chi connectivity index (χ1v) is 6.53. The molecular weight excluding hydrogens is 252 g/mol. The molecule has 1 aliphatic heterocycles. The first-order valence-electron chi connectivity index (χ1n) is 6.16. The summed E-state index contributed by atoms with van der Waals surface area (Å²) in [5, 5.41) is 12.5. The zero-order chi connectivity index (χ0) is 13.0. The van der Waals surface area contributed by atoms with Crippen LogP contribution in [0.1, 0.15) is 23.2 Å². The van der Waals surface area contributed by atoms with Crippen LogP contribution in [0.2, 0.25) is 5.02 Å². The van der Waals surface area contributed by atoms with Crippen LogP contribution in [0.3, 0.4) is 0 Å². The zero-order valence-corrected chi connectivity index (χ0v) is 10.9. The number of nitrogens with zero attached hydrogens (tertiary/aromatic N) is 1. The Labute approximate surface area is 112 Å². The second kappa shape index (κ2) is 6.07. The Morgan fingerprint density at radius 2 is 2.11 bits per heavy atom. The lowest BCUT2D eigenvalue weighted by atomic mass is 10.2. The quantitative estimate of drug-likeness (QED) is 0.862. The molecular formula is C13H17ClN2O2. The summed E-state index contributed by atoms with van der Waals surface area (Å²) in [7, 11) is 0. The highest BCUT2D eigenvalue weighted by atomic mass is 35.5. The molecule has 0 bridgehead atoms. The van der Waals surface area contributed by atoms with E-state index in [1.165, 1.54) is 32.0 Å². The van der Waals surface area contributed by atoms with E-state index < -0.39 is 5.97 Å². The molecule has 0 amide bonds. The van der Waals surface area contributed by atoms with Gasteiger partial charge in [-0.3, -0.25) is 0 Å². The van der Waals surface area contributed by atoms with Crippen LogP contribution in [-0.4, -0.2) is 42.2 Å². The molecule has 5 heteroatoms. The van der Waals surface area contributed by atoms with Gasteiger partial charge in [0.1, 0.15) is 0 Å². The summed E-state index contributed by atoms with van der Waals surface area (Å²) in [5.41, 5.74) is 1.01. The molecule has 1 heterocycles. The first-order chi connectivity index (χ1) is 8.66. The van der Waals surface area contributed by atoms with Crippen LogP contribution in [0.4, 0.5) is 5.69 Å². The topological polar surface area (TPSA) is 52.6 Å². The first kappa shape index (κ1) is 13.2. The molecule has 4 nitrogen and oxygen atoms in total. The van der Waals surface area contributed by atoms with Crippen molar-refractivity contribution in [2.75, 3.05) is 31.5 Å². The lowest BCUT2D eigenvalue weighted by Crippen LogP contribution is -2.26. The SMILES string of the molecule is O=C(O)c1ccc(NCCN2CCCC2)c(Cl)c1. The van der Waals surface area contributed by atoms with Gasteiger partial charge in [0.15, 0.2) is 0 Å². The maximum absolute atomic E-state index is 10.8. The van der Waals surface area contributed by atoms with E-state index in [0.29, 0.717) is 5.02 Å². The normalized spacial score (nSPS) is 15.8. The van der Waals surface area contributed by atoms with Gasteiger partial charge >= 0.3 is 5.97 Å². The van der Waals surface area contributed by atoms with Crippen LogP contribution in [-0.2, 0) is 0 Å². The van der Waals surface area contributed by atoms with Crippen molar-refractivity contribution < 1.29 is 9.90 Å². The Bertz CT molecular complexity index is 431. The van der Waals surface area contributed by atoms with Gasteiger partial charge < -0.3 is 15.3 Å². The predicted octanol–water partition coefficient (Wildman–Crippen LogP) is 2.55. The Morgan fingerprint density at radius 3 is 2.72 bits per heavy atom. The number of anilines is 1. The third-order valence-electron chi connectivity index (χ3n) is 3.16. The number of aromatic carboxylic acids is 1. The van der Waals surface area contributed by atoms with Crippen molar-refractivity contribution in [1.29, 1.82) is 0 Å². The third kappa shape index (κ3) is 3.37. The van der Waals surface area contributed by atoms with Crippen molar-refractivity contribution in [3.05, 3.63) is 28.8 Å². The van der Waals surface area contributed by atoms with E-state index in [2.05, 4.69) is 10.2 Å². The van der Waals surface area contributed by atoms with Crippen molar-refractivity contribution in [2.45, 2.75) is 12.8 Å². The second-order valence-electron chi connectivity index (χ2n) is 4.48. The minimum Gasteiger partial charge on any atom is -0.478 e. The van der Waals surface area contributed by atoms with Crippen LogP contribution in [0.5, 0.6) is 0 Å². The standard InChI is InChI=1S/C13H17ClN2O2/c14-11-9-10(13(17)18)3-4-12(11)15-5-8-16-6-1-2-7-16/h3-4,9,15H,1-2,5-8H2,(H,17,18). The smallest absolute Gasteiger partial charge is 0.335 e. The molecule has 98 valence electrons. The highest BCUT2D eigenvalue weighted by Crippen LogP contribution is 2.23. The average Bonchev–Trinajstić information content (AvgIpc) is 2.84. The van der Waals surface area contributed by atoms with E-state index in [0.717, 1.165) is 18.8 Å². The number of likely N-dealkylation sites (tertiary alicyclic amines) is 1. The Balaban J connectivity index is 1.87. The van der Waals surface area contributed by atoms with E-state index in [1.54, 1.807) is 12.1 Å². The molecule has 0 unspecified atom stereocenters. The van der Waals surface area contributed by atoms with Gasteiger partial charge in [0.2, 0.25) is 0 Å². The van der Waals surface area contributed by atoms with Crippen molar-refractivity contribution in [2.24, 2.45) is 0 Å². The summed E-state index contributed by atoms with van der Waals surface area (Å²) in [6.07, 6.45) is 2.57. The van der Waals surface area contributed by atoms with Gasteiger partial charge in [-0.05, 0) is 44.1 Å². The van der Waals surface area contributed by atoms with Gasteiger partial charge in [-0.15, -0.1) is 0 Å². The van der Waals surface area contributed by atoms with Gasteiger partial charge in [-0.2, -0.15) is 0 Å². The van der Waals surface area contributed by atoms with E-state index in [9.17, 15) is 4.79 Å². The number of carbonyl (C=O) groups is 1. The van der Waals surface area contributed by atoms with E-state index >= 15 is 0 Å². The van der Waals surface area contributed by atoms with Gasteiger partial charge in [-0.1, -0.05) is 11.6 Å². The molecule has 1 aromatic rings. The summed E-state index contributed by atoms with van der Waals surface area (Å²) in [6, 6.07) is 4.75. The largest absolute Gasteiger partial charge is 0.478 e. The van der Waals surface area contributed by atoms with Crippen molar-refractivity contribution in [3.63, 3.8) is 0 Å². The average molecular weight is 269 g/mol. The summed E-state index contributed by atoms with van der Waals surface area (Å²) >= 11 is 6.03. The van der Waals surface area contributed by atoms with Crippen LogP contribution in [0, 0.1) is 0 Å². The van der Waals surface area contributed by atoms with Crippen LogP contribution in [0.25, 0.3) is 0 Å². The van der Waals surface area contributed by atoms with Gasteiger partial charge in [0, 0.05) is 13.1 Å². The lowest BCUT2D eigenvalue weighted by molar-refractivity contribution is 0.0697. The van der Waals surface area contributed by atoms with E-state index in [1.807, 2.05) is 0 Å². The van der Waals surface area contributed by atoms with Crippen molar-refractivity contribution in [3.8, 4) is 0 Å². The Kier molecular flexibility index (Phi) is 4.44. The van der Waals surface area contributed by atoms with Crippen LogP contribution < -0.4 is 5.32 Å². The van der Waals surface area contributed by atoms with E-state index in [4.69, 9.17) is 16.7 Å². The fraction of sp³-hybridized carbons (Fsp3) is 0.462. The number of nitrogens with one attached hydrogen (secondary N) is 1. The second-order valence-corrected chi connectivity index (χ2v) is 4.88. The molecule has 0 aliphatic carbocycles. The molecule has 0 aromatic heterocycles. The fourth-order valence-electron chi connectivity index (χ4n) is 2.15. The van der Waals surface area contributed by atoms with Crippen molar-refractivity contribution >= 4 is 23.3 Å². The maximum Gasteiger partial charge on any atom is 0.335 e. The molecule has 2 rings (SSSR count). The minimum atomic E-state index is -0.958. The molecule has 0 radical (unpaired) electrons. The fourth-order valence-corrected chi connectivity index (χ4v) is 2.39. The number of carboxylic acids is 1. The predicted molar refractivity (Wildman–Crippen MR) is 72.6 cm³/mol. The molecule has 0 saturated carbocycles.